The molecule has 0 bridgehead atoms. The Balaban J connectivity index is 2.21. The van der Waals surface area contributed by atoms with Crippen LogP contribution >= 0.6 is 12.3 Å². The molecule has 11 heteroatoms. The van der Waals surface area contributed by atoms with Crippen LogP contribution < -0.4 is 15.3 Å². The van der Waals surface area contributed by atoms with Crippen LogP contribution in [0.4, 0.5) is 0 Å². The number of rotatable bonds is 8. The van der Waals surface area contributed by atoms with Gasteiger partial charge in [0.2, 0.25) is 12.2 Å². The molecule has 1 amide bonds. The van der Waals surface area contributed by atoms with Crippen LogP contribution in [0.5, 0.6) is 5.75 Å². The van der Waals surface area contributed by atoms with Crippen molar-refractivity contribution in [2.45, 2.75) is 37.6 Å². The van der Waals surface area contributed by atoms with E-state index in [2.05, 4.69) is 14.7 Å². The first kappa shape index (κ1) is 19.9. The number of hydrogen-bond acceptors (Lipinski definition) is 10. The molecule has 1 aromatic rings. The maximum atomic E-state index is 11.5. The molecule has 10 nitrogen and oxygen atoms in total. The van der Waals surface area contributed by atoms with Gasteiger partial charge in [-0.2, -0.15) is 0 Å². The van der Waals surface area contributed by atoms with Gasteiger partial charge in [0.25, 0.3) is 0 Å². The third kappa shape index (κ3) is 5.52. The molecule has 0 radical (unpaired) electrons. The summed E-state index contributed by atoms with van der Waals surface area (Å²) in [6.45, 7) is 0.748. The van der Waals surface area contributed by atoms with Gasteiger partial charge in [0.15, 0.2) is 12.3 Å². The Morgan fingerprint density at radius 3 is 2.72 bits per heavy atom. The summed E-state index contributed by atoms with van der Waals surface area (Å²) in [4.78, 5) is 11.5. The van der Waals surface area contributed by atoms with Gasteiger partial charge in [0.1, 0.15) is 30.1 Å². The Labute approximate surface area is 147 Å². The van der Waals surface area contributed by atoms with Crippen LogP contribution in [0.25, 0.3) is 0 Å². The fourth-order valence-corrected chi connectivity index (χ4v) is 2.75. The topological polar surface area (TPSA) is 139 Å². The monoisotopic (exact) mass is 376 g/mol. The summed E-state index contributed by atoms with van der Waals surface area (Å²) in [5, 5.41) is 35.3. The van der Waals surface area contributed by atoms with E-state index < -0.39 is 43.2 Å². The number of para-hydroxylation sites is 1. The summed E-state index contributed by atoms with van der Waals surface area (Å²) in [7, 11) is 0. The second-order valence-electron chi connectivity index (χ2n) is 5.14. The van der Waals surface area contributed by atoms with Crippen molar-refractivity contribution in [1.82, 2.24) is 5.32 Å². The van der Waals surface area contributed by atoms with Gasteiger partial charge >= 0.3 is 0 Å². The van der Waals surface area contributed by atoms with E-state index in [1.165, 1.54) is 6.92 Å². The predicted octanol–water partition coefficient (Wildman–Crippen LogP) is -1.18. The first-order chi connectivity index (χ1) is 12.1. The third-order valence-electron chi connectivity index (χ3n) is 3.42. The smallest absolute Gasteiger partial charge is 0.223 e. The van der Waals surface area contributed by atoms with Gasteiger partial charge in [-0.3, -0.25) is 14.0 Å². The Kier molecular flexibility index (Phi) is 7.87. The number of hydrogen-bond donors (Lipinski definition) is 3. The highest BCUT2D eigenvalue weighted by atomic mass is 32.2. The second kappa shape index (κ2) is 9.89. The van der Waals surface area contributed by atoms with Gasteiger partial charge in [-0.1, -0.05) is 18.2 Å². The predicted molar refractivity (Wildman–Crippen MR) is 81.1 cm³/mol. The Morgan fingerprint density at radius 2 is 2.12 bits per heavy atom. The van der Waals surface area contributed by atoms with Crippen LogP contribution in [-0.2, 0) is 23.1 Å². The average Bonchev–Trinajstić information content (AvgIpc) is 2.60. The lowest BCUT2D eigenvalue weighted by molar-refractivity contribution is -0.777. The Morgan fingerprint density at radius 1 is 1.40 bits per heavy atom. The van der Waals surface area contributed by atoms with Gasteiger partial charge in [0.05, 0.1) is 6.61 Å². The number of ether oxygens (including phenoxy) is 2. The minimum absolute atomic E-state index is 0.176. The Bertz CT molecular complexity index is 534. The van der Waals surface area contributed by atoms with E-state index in [0.717, 1.165) is 0 Å². The van der Waals surface area contributed by atoms with Crippen molar-refractivity contribution in [3.8, 4) is 5.75 Å². The van der Waals surface area contributed by atoms with Crippen LogP contribution in [0.15, 0.2) is 30.3 Å². The van der Waals surface area contributed by atoms with Gasteiger partial charge in [-0.25, -0.2) is 0 Å². The van der Waals surface area contributed by atoms with Crippen molar-refractivity contribution >= 4 is 18.2 Å². The summed E-state index contributed by atoms with van der Waals surface area (Å²) in [5.74, 6) is 0.0194. The number of nitrogens with one attached hydrogen (secondary N) is 1. The third-order valence-corrected chi connectivity index (χ3v) is 3.84. The number of carbonyl (C=O) groups is 1. The highest BCUT2D eigenvalue weighted by Crippen LogP contribution is 2.28. The number of carbonyl (C=O) groups excluding carboxylic acids is 1. The van der Waals surface area contributed by atoms with E-state index in [4.69, 9.17) is 13.7 Å². The van der Waals surface area contributed by atoms with Crippen molar-refractivity contribution in [3.63, 3.8) is 0 Å². The maximum Gasteiger partial charge on any atom is 0.223 e. The van der Waals surface area contributed by atoms with E-state index in [9.17, 15) is 20.3 Å². The summed E-state index contributed by atoms with van der Waals surface area (Å²) >= 11 is 0.176. The molecule has 1 heterocycles. The molecule has 0 aliphatic carbocycles. The molecule has 25 heavy (non-hydrogen) atoms. The zero-order chi connectivity index (χ0) is 18.2. The van der Waals surface area contributed by atoms with E-state index >= 15 is 0 Å². The molecule has 1 aromatic carbocycles. The van der Waals surface area contributed by atoms with Crippen LogP contribution in [0.3, 0.4) is 0 Å². The normalized spacial score (nSPS) is 29.2. The zero-order valence-corrected chi connectivity index (χ0v) is 14.0. The first-order valence-electron chi connectivity index (χ1n) is 7.28. The molecule has 140 valence electrons. The van der Waals surface area contributed by atoms with Crippen molar-refractivity contribution in [3.05, 3.63) is 30.3 Å². The summed E-state index contributed by atoms with van der Waals surface area (Å²) in [6.07, 6.45) is -4.58. The van der Waals surface area contributed by atoms with Crippen molar-refractivity contribution in [2.24, 2.45) is 0 Å². The van der Waals surface area contributed by atoms with Crippen molar-refractivity contribution in [1.29, 1.82) is 0 Å². The van der Waals surface area contributed by atoms with E-state index in [0.29, 0.717) is 5.75 Å². The van der Waals surface area contributed by atoms with Crippen molar-refractivity contribution in [2.75, 3.05) is 6.61 Å². The van der Waals surface area contributed by atoms with Crippen LogP contribution in [0, 0.1) is 0 Å². The molecule has 1 fully saturated rings. The molecule has 0 spiro atoms. The maximum absolute atomic E-state index is 11.5. The summed E-state index contributed by atoms with van der Waals surface area (Å²) in [6, 6.07) is 7.67. The van der Waals surface area contributed by atoms with Crippen molar-refractivity contribution < 1.29 is 43.3 Å². The SMILES string of the molecule is CC(=O)NC1C(Oc2ccccc2)OC(CO)[C@H](O)[C@@H]1OSOO[O-]. The van der Waals surface area contributed by atoms with Crippen LogP contribution in [0.1, 0.15) is 6.92 Å². The second-order valence-corrected chi connectivity index (χ2v) is 5.60. The molecule has 1 aliphatic heterocycles. The first-order valence-corrected chi connectivity index (χ1v) is 7.95. The van der Waals surface area contributed by atoms with Gasteiger partial charge in [-0.15, -0.1) is 4.33 Å². The lowest BCUT2D eigenvalue weighted by Gasteiger charge is -2.43. The molecule has 5 atom stereocenters. The van der Waals surface area contributed by atoms with E-state index in [-0.39, 0.29) is 12.3 Å². The minimum Gasteiger partial charge on any atom is -0.691 e. The Hall–Kier alpha value is -1.44. The van der Waals surface area contributed by atoms with Gasteiger partial charge in [-0.05, 0) is 12.1 Å². The molecule has 2 rings (SSSR count). The quantitative estimate of drug-likeness (QED) is 0.220. The van der Waals surface area contributed by atoms with Gasteiger partial charge < -0.3 is 30.3 Å². The largest absolute Gasteiger partial charge is 0.691 e. The van der Waals surface area contributed by atoms with E-state index in [1.807, 2.05) is 0 Å². The lowest BCUT2D eigenvalue weighted by atomic mass is 9.97. The molecule has 0 saturated carbocycles. The van der Waals surface area contributed by atoms with Crippen LogP contribution in [-0.4, -0.2) is 53.4 Å². The summed E-state index contributed by atoms with van der Waals surface area (Å²) < 4.78 is 20.5. The minimum atomic E-state index is -1.33. The fourth-order valence-electron chi connectivity index (χ4n) is 2.38. The number of benzene rings is 1. The van der Waals surface area contributed by atoms with E-state index in [1.54, 1.807) is 30.3 Å². The number of aliphatic hydroxyl groups is 2. The molecule has 3 N–H and O–H groups in total. The average molecular weight is 376 g/mol. The lowest BCUT2D eigenvalue weighted by Crippen LogP contribution is -2.65. The standard InChI is InChI=1S/C14H19NO9S/c1-8(17)15-11-13(22-25-24-23-19)12(18)10(7-16)21-14(11)20-9-5-3-2-4-6-9/h2-6,10-14,16,18-19H,7H2,1H3,(H,15,17)/p-1/t10?,11?,12-,13+,14?/m0/s1. The van der Waals surface area contributed by atoms with Crippen LogP contribution in [0.2, 0.25) is 0 Å². The molecular formula is C14H18NO9S-. The summed E-state index contributed by atoms with van der Waals surface area (Å²) in [5.41, 5.74) is 0. The molecule has 0 aromatic heterocycles. The molecule has 3 unspecified atom stereocenters. The fraction of sp³-hybridized carbons (Fsp3) is 0.500. The number of amides is 1. The van der Waals surface area contributed by atoms with Gasteiger partial charge in [0, 0.05) is 6.92 Å². The molecule has 1 saturated heterocycles. The molecule has 1 aliphatic rings. The number of aliphatic hydroxyl groups excluding tert-OH is 2. The highest BCUT2D eigenvalue weighted by Gasteiger charge is 2.48. The molecular weight excluding hydrogens is 358 g/mol. The highest BCUT2D eigenvalue weighted by molar-refractivity contribution is 7.89. The zero-order valence-electron chi connectivity index (χ0n) is 13.1.